The number of carbonyl (C=O) groups is 2. The molecule has 22 heavy (non-hydrogen) atoms. The normalized spacial score (nSPS) is 26.8. The number of hydrogen-bond donors (Lipinski definition) is 1. The van der Waals surface area contributed by atoms with Gasteiger partial charge in [0.1, 0.15) is 5.82 Å². The van der Waals surface area contributed by atoms with E-state index in [1.807, 2.05) is 19.0 Å². The molecule has 1 saturated carbocycles. The molecule has 1 amide bonds. The van der Waals surface area contributed by atoms with Gasteiger partial charge in [0.2, 0.25) is 0 Å². The summed E-state index contributed by atoms with van der Waals surface area (Å²) in [5, 5.41) is 9.59. The van der Waals surface area contributed by atoms with E-state index < -0.39 is 11.4 Å². The first-order valence-electron chi connectivity index (χ1n) is 7.60. The van der Waals surface area contributed by atoms with Gasteiger partial charge in [0, 0.05) is 33.4 Å². The Bertz CT molecular complexity index is 599. The summed E-state index contributed by atoms with van der Waals surface area (Å²) < 4.78 is 0. The molecule has 2 atom stereocenters. The van der Waals surface area contributed by atoms with Crippen molar-refractivity contribution in [2.75, 3.05) is 32.1 Å². The fourth-order valence-corrected chi connectivity index (χ4v) is 3.75. The van der Waals surface area contributed by atoms with E-state index in [-0.39, 0.29) is 11.8 Å². The Morgan fingerprint density at radius 3 is 2.73 bits per heavy atom. The molecule has 1 aromatic rings. The quantitative estimate of drug-likeness (QED) is 0.915. The highest BCUT2D eigenvalue weighted by atomic mass is 16.4. The zero-order valence-electron chi connectivity index (χ0n) is 13.0. The number of aliphatic carboxylic acids is 1. The number of pyridine rings is 1. The maximum atomic E-state index is 12.6. The summed E-state index contributed by atoms with van der Waals surface area (Å²) in [5.41, 5.74) is -0.210. The molecule has 118 valence electrons. The average Bonchev–Trinajstić information content (AvgIpc) is 3.04. The molecule has 6 heteroatoms. The first-order valence-corrected chi connectivity index (χ1v) is 7.60. The van der Waals surface area contributed by atoms with E-state index in [0.717, 1.165) is 18.7 Å². The van der Waals surface area contributed by atoms with Crippen molar-refractivity contribution in [3.05, 3.63) is 23.9 Å². The van der Waals surface area contributed by atoms with E-state index in [4.69, 9.17) is 0 Å². The number of anilines is 1. The number of hydrogen-bond acceptors (Lipinski definition) is 4. The minimum atomic E-state index is -0.758. The molecule has 1 saturated heterocycles. The van der Waals surface area contributed by atoms with Crippen molar-refractivity contribution >= 4 is 17.7 Å². The van der Waals surface area contributed by atoms with Gasteiger partial charge in [0.15, 0.2) is 0 Å². The summed E-state index contributed by atoms with van der Waals surface area (Å²) in [6.07, 6.45) is 4.08. The number of carboxylic acid groups (broad SMARTS) is 1. The highest BCUT2D eigenvalue weighted by molar-refractivity contribution is 5.95. The molecule has 2 heterocycles. The molecule has 1 aliphatic carbocycles. The summed E-state index contributed by atoms with van der Waals surface area (Å²) in [6.45, 7) is 0.863. The second-order valence-electron chi connectivity index (χ2n) is 6.54. The Morgan fingerprint density at radius 2 is 2.18 bits per heavy atom. The summed E-state index contributed by atoms with van der Waals surface area (Å²) in [7, 11) is 3.78. The predicted octanol–water partition coefficient (Wildman–Crippen LogP) is 1.47. The van der Waals surface area contributed by atoms with E-state index in [1.54, 1.807) is 23.2 Å². The molecule has 1 aromatic heterocycles. The molecule has 0 bridgehead atoms. The Morgan fingerprint density at radius 1 is 1.41 bits per heavy atom. The molecule has 3 rings (SSSR count). The van der Waals surface area contributed by atoms with Gasteiger partial charge in [-0.05, 0) is 30.9 Å². The number of nitrogens with zero attached hydrogens (tertiary/aromatic N) is 3. The third-order valence-electron chi connectivity index (χ3n) is 5.04. The molecular formula is C16H21N3O3. The summed E-state index contributed by atoms with van der Waals surface area (Å²) in [6, 6.07) is 3.56. The second-order valence-corrected chi connectivity index (χ2v) is 6.54. The zero-order chi connectivity index (χ0) is 15.9. The number of aromatic nitrogens is 1. The van der Waals surface area contributed by atoms with Crippen molar-refractivity contribution in [3.8, 4) is 0 Å². The fraction of sp³-hybridized carbons (Fsp3) is 0.562. The standard InChI is InChI=1S/C16H21N3O3/c1-18(2)13-6-5-11(8-17-13)14(20)19-9-12-4-3-7-16(12,10-19)15(21)22/h5-6,8,12H,3-4,7,9-10H2,1-2H3,(H,21,22)/t12-,16+/m0/s1. The van der Waals surface area contributed by atoms with Crippen LogP contribution in [-0.2, 0) is 4.79 Å². The number of fused-ring (bicyclic) bond motifs is 1. The van der Waals surface area contributed by atoms with E-state index in [0.29, 0.717) is 25.1 Å². The van der Waals surface area contributed by atoms with Crippen molar-refractivity contribution < 1.29 is 14.7 Å². The number of likely N-dealkylation sites (tertiary alicyclic amines) is 1. The summed E-state index contributed by atoms with van der Waals surface area (Å²) in [5.74, 6) is -0.000910. The number of amides is 1. The molecule has 0 spiro atoms. The largest absolute Gasteiger partial charge is 0.481 e. The maximum Gasteiger partial charge on any atom is 0.311 e. The lowest BCUT2D eigenvalue weighted by Gasteiger charge is -2.23. The minimum Gasteiger partial charge on any atom is -0.481 e. The average molecular weight is 303 g/mol. The number of carboxylic acids is 1. The first-order chi connectivity index (χ1) is 10.4. The van der Waals surface area contributed by atoms with Crippen LogP contribution in [0, 0.1) is 11.3 Å². The Kier molecular flexibility index (Phi) is 3.54. The third kappa shape index (κ3) is 2.23. The lowest BCUT2D eigenvalue weighted by atomic mass is 9.81. The SMILES string of the molecule is CN(C)c1ccc(C(=O)N2C[C@@H]3CCC[C@@]3(C(=O)O)C2)cn1. The van der Waals surface area contributed by atoms with Crippen LogP contribution in [0.3, 0.4) is 0 Å². The van der Waals surface area contributed by atoms with Gasteiger partial charge in [0.05, 0.1) is 11.0 Å². The van der Waals surface area contributed by atoms with E-state index in [2.05, 4.69) is 4.98 Å². The Labute approximate surface area is 129 Å². The van der Waals surface area contributed by atoms with E-state index in [1.165, 1.54) is 0 Å². The van der Waals surface area contributed by atoms with Crippen molar-refractivity contribution in [3.63, 3.8) is 0 Å². The van der Waals surface area contributed by atoms with Crippen LogP contribution in [0.4, 0.5) is 5.82 Å². The highest BCUT2D eigenvalue weighted by Crippen LogP contribution is 2.49. The van der Waals surface area contributed by atoms with Gasteiger partial charge >= 0.3 is 5.97 Å². The Balaban J connectivity index is 1.78. The van der Waals surface area contributed by atoms with Gasteiger partial charge in [-0.3, -0.25) is 9.59 Å². The van der Waals surface area contributed by atoms with Gasteiger partial charge in [0.25, 0.3) is 5.91 Å². The smallest absolute Gasteiger partial charge is 0.311 e. The fourth-order valence-electron chi connectivity index (χ4n) is 3.75. The highest BCUT2D eigenvalue weighted by Gasteiger charge is 2.55. The molecule has 6 nitrogen and oxygen atoms in total. The van der Waals surface area contributed by atoms with Crippen LogP contribution >= 0.6 is 0 Å². The van der Waals surface area contributed by atoms with Crippen LogP contribution in [0.25, 0.3) is 0 Å². The van der Waals surface area contributed by atoms with Crippen LogP contribution < -0.4 is 4.90 Å². The molecular weight excluding hydrogens is 282 g/mol. The van der Waals surface area contributed by atoms with E-state index >= 15 is 0 Å². The maximum absolute atomic E-state index is 12.6. The van der Waals surface area contributed by atoms with Crippen molar-refractivity contribution in [1.82, 2.24) is 9.88 Å². The van der Waals surface area contributed by atoms with Gasteiger partial charge in [-0.15, -0.1) is 0 Å². The van der Waals surface area contributed by atoms with Gasteiger partial charge in [-0.2, -0.15) is 0 Å². The summed E-state index contributed by atoms with van der Waals surface area (Å²) in [4.78, 5) is 32.1. The van der Waals surface area contributed by atoms with Crippen LogP contribution in [0.5, 0.6) is 0 Å². The Hall–Kier alpha value is -2.11. The van der Waals surface area contributed by atoms with Crippen LogP contribution in [0.1, 0.15) is 29.6 Å². The van der Waals surface area contributed by atoms with Crippen molar-refractivity contribution in [2.45, 2.75) is 19.3 Å². The molecule has 0 unspecified atom stereocenters. The number of carbonyl (C=O) groups excluding carboxylic acids is 1. The molecule has 2 fully saturated rings. The lowest BCUT2D eigenvalue weighted by Crippen LogP contribution is -2.37. The van der Waals surface area contributed by atoms with Gasteiger partial charge in [-0.25, -0.2) is 4.98 Å². The second kappa shape index (κ2) is 5.26. The van der Waals surface area contributed by atoms with Gasteiger partial charge < -0.3 is 14.9 Å². The summed E-state index contributed by atoms with van der Waals surface area (Å²) >= 11 is 0. The minimum absolute atomic E-state index is 0.0861. The molecule has 0 aromatic carbocycles. The molecule has 1 N–H and O–H groups in total. The zero-order valence-corrected chi connectivity index (χ0v) is 13.0. The van der Waals surface area contributed by atoms with Crippen molar-refractivity contribution in [2.24, 2.45) is 11.3 Å². The topological polar surface area (TPSA) is 73.7 Å². The van der Waals surface area contributed by atoms with Crippen LogP contribution in [0.15, 0.2) is 18.3 Å². The third-order valence-corrected chi connectivity index (χ3v) is 5.04. The lowest BCUT2D eigenvalue weighted by molar-refractivity contribution is -0.149. The molecule has 0 radical (unpaired) electrons. The first kappa shape index (κ1) is 14.8. The monoisotopic (exact) mass is 303 g/mol. The van der Waals surface area contributed by atoms with E-state index in [9.17, 15) is 14.7 Å². The molecule has 2 aliphatic rings. The predicted molar refractivity (Wildman–Crippen MR) is 81.9 cm³/mol. The molecule has 1 aliphatic heterocycles. The van der Waals surface area contributed by atoms with Crippen LogP contribution in [-0.4, -0.2) is 54.1 Å². The van der Waals surface area contributed by atoms with Gasteiger partial charge in [-0.1, -0.05) is 6.42 Å². The number of rotatable bonds is 3. The van der Waals surface area contributed by atoms with Crippen LogP contribution in [0.2, 0.25) is 0 Å². The van der Waals surface area contributed by atoms with Crippen molar-refractivity contribution in [1.29, 1.82) is 0 Å².